The predicted octanol–water partition coefficient (Wildman–Crippen LogP) is 5.28. The third kappa shape index (κ3) is 2.19. The van der Waals surface area contributed by atoms with E-state index < -0.39 is 0 Å². The van der Waals surface area contributed by atoms with Crippen molar-refractivity contribution >= 4 is 37.9 Å². The summed E-state index contributed by atoms with van der Waals surface area (Å²) in [4.78, 5) is 2.48. The maximum Gasteiger partial charge on any atom is 0.0588 e. The maximum absolute atomic E-state index is 3.72. The second-order valence-electron chi connectivity index (χ2n) is 4.78. The average molecular weight is 369 g/mol. The molecular weight excluding hydrogens is 354 g/mol. The second kappa shape index (κ2) is 5.22. The predicted molar refractivity (Wildman–Crippen MR) is 83.3 cm³/mol. The van der Waals surface area contributed by atoms with Gasteiger partial charge in [0.2, 0.25) is 0 Å². The Morgan fingerprint density at radius 1 is 1.11 bits per heavy atom. The molecule has 18 heavy (non-hydrogen) atoms. The Kier molecular flexibility index (Phi) is 3.62. The average Bonchev–Trinajstić information content (AvgIpc) is 2.34. The molecule has 3 rings (SSSR count). The van der Waals surface area contributed by atoms with Crippen molar-refractivity contribution in [3.8, 4) is 0 Å². The minimum Gasteiger partial charge on any atom is -0.370 e. The van der Waals surface area contributed by atoms with Crippen LogP contribution in [0.5, 0.6) is 0 Å². The molecular formula is C15H15Br2N. The standard InChI is InChI=1S/C15H15Br2N/c16-12-6-7-13(17)15-11(12)8-10-18-9-4-2-1-3-5-14(15)18/h1,3,6-8,10,14H,2,4-5,9H2/b3-1-. The lowest BCUT2D eigenvalue weighted by atomic mass is 9.92. The van der Waals surface area contributed by atoms with E-state index in [9.17, 15) is 0 Å². The first-order valence-electron chi connectivity index (χ1n) is 6.34. The number of hydrogen-bond donors (Lipinski definition) is 0. The summed E-state index contributed by atoms with van der Waals surface area (Å²) in [7, 11) is 0. The van der Waals surface area contributed by atoms with Gasteiger partial charge in [-0.1, -0.05) is 44.0 Å². The van der Waals surface area contributed by atoms with Gasteiger partial charge in [-0.2, -0.15) is 0 Å². The summed E-state index contributed by atoms with van der Waals surface area (Å²) < 4.78 is 2.40. The van der Waals surface area contributed by atoms with Crippen LogP contribution in [-0.2, 0) is 0 Å². The number of nitrogens with zero attached hydrogens (tertiary/aromatic N) is 1. The van der Waals surface area contributed by atoms with Crippen molar-refractivity contribution in [1.29, 1.82) is 0 Å². The molecule has 2 aliphatic heterocycles. The fourth-order valence-electron chi connectivity index (χ4n) is 2.75. The van der Waals surface area contributed by atoms with Gasteiger partial charge in [0.1, 0.15) is 0 Å². The Morgan fingerprint density at radius 3 is 2.83 bits per heavy atom. The van der Waals surface area contributed by atoms with Crippen LogP contribution in [0.15, 0.2) is 39.4 Å². The zero-order chi connectivity index (χ0) is 12.5. The topological polar surface area (TPSA) is 3.24 Å². The van der Waals surface area contributed by atoms with Gasteiger partial charge in [-0.3, -0.25) is 0 Å². The lowest BCUT2D eigenvalue weighted by molar-refractivity contribution is 0.271. The first kappa shape index (κ1) is 12.5. The van der Waals surface area contributed by atoms with Crippen LogP contribution in [0.2, 0.25) is 0 Å². The summed E-state index contributed by atoms with van der Waals surface area (Å²) in [6, 6.07) is 4.72. The Hall–Kier alpha value is -0.540. The van der Waals surface area contributed by atoms with Crippen molar-refractivity contribution in [3.05, 3.63) is 50.6 Å². The van der Waals surface area contributed by atoms with Gasteiger partial charge < -0.3 is 4.90 Å². The highest BCUT2D eigenvalue weighted by atomic mass is 79.9. The maximum atomic E-state index is 3.72. The van der Waals surface area contributed by atoms with Crippen molar-refractivity contribution in [1.82, 2.24) is 4.90 Å². The molecule has 0 amide bonds. The van der Waals surface area contributed by atoms with Crippen LogP contribution in [0.4, 0.5) is 0 Å². The summed E-state index contributed by atoms with van der Waals surface area (Å²) in [5.74, 6) is 0. The van der Waals surface area contributed by atoms with Crippen LogP contribution in [-0.4, -0.2) is 11.4 Å². The number of rotatable bonds is 0. The molecule has 0 spiro atoms. The zero-order valence-corrected chi connectivity index (χ0v) is 13.2. The van der Waals surface area contributed by atoms with Gasteiger partial charge in [0.15, 0.2) is 0 Å². The molecule has 1 aromatic carbocycles. The van der Waals surface area contributed by atoms with E-state index in [1.54, 1.807) is 0 Å². The highest BCUT2D eigenvalue weighted by Crippen LogP contribution is 2.41. The van der Waals surface area contributed by atoms with Crippen LogP contribution in [0.3, 0.4) is 0 Å². The van der Waals surface area contributed by atoms with Crippen LogP contribution >= 0.6 is 31.9 Å². The number of halogens is 2. The normalized spacial score (nSPS) is 23.9. The molecule has 1 aromatic rings. The summed E-state index contributed by atoms with van der Waals surface area (Å²) in [5.41, 5.74) is 2.73. The van der Waals surface area contributed by atoms with Crippen molar-refractivity contribution < 1.29 is 0 Å². The Bertz CT molecular complexity index is 519. The number of benzene rings is 1. The van der Waals surface area contributed by atoms with Gasteiger partial charge in [-0.15, -0.1) is 0 Å². The van der Waals surface area contributed by atoms with Crippen LogP contribution in [0.25, 0.3) is 6.08 Å². The van der Waals surface area contributed by atoms with E-state index in [0.717, 1.165) is 13.0 Å². The lowest BCUT2D eigenvalue weighted by Gasteiger charge is -2.36. The quantitative estimate of drug-likeness (QED) is 0.563. The molecule has 2 aliphatic rings. The van der Waals surface area contributed by atoms with Crippen molar-refractivity contribution in [3.63, 3.8) is 0 Å². The van der Waals surface area contributed by atoms with E-state index in [1.165, 1.54) is 32.9 Å². The third-order valence-electron chi connectivity index (χ3n) is 3.66. The Morgan fingerprint density at radius 2 is 1.94 bits per heavy atom. The van der Waals surface area contributed by atoms with Gasteiger partial charge in [-0.05, 0) is 48.6 Å². The first-order valence-corrected chi connectivity index (χ1v) is 7.93. The minimum absolute atomic E-state index is 0.466. The molecule has 0 aromatic heterocycles. The molecule has 94 valence electrons. The van der Waals surface area contributed by atoms with Crippen molar-refractivity contribution in [2.75, 3.05) is 6.54 Å². The molecule has 0 fully saturated rings. The highest BCUT2D eigenvalue weighted by molar-refractivity contribution is 9.11. The Balaban J connectivity index is 2.10. The van der Waals surface area contributed by atoms with Crippen LogP contribution in [0.1, 0.15) is 36.4 Å². The molecule has 0 N–H and O–H groups in total. The van der Waals surface area contributed by atoms with Gasteiger partial charge in [0.25, 0.3) is 0 Å². The summed E-state index contributed by atoms with van der Waals surface area (Å²) in [6.45, 7) is 1.14. The molecule has 1 nitrogen and oxygen atoms in total. The number of fused-ring (bicyclic) bond motifs is 3. The molecule has 1 unspecified atom stereocenters. The molecule has 3 heteroatoms. The minimum atomic E-state index is 0.466. The SMILES string of the molecule is Brc1ccc(Br)c2c1C=CN1CCC/C=C\CC21. The summed E-state index contributed by atoms with van der Waals surface area (Å²) in [5, 5.41) is 0. The fourth-order valence-corrected chi connectivity index (χ4v) is 3.84. The molecule has 1 atom stereocenters. The van der Waals surface area contributed by atoms with Crippen LogP contribution < -0.4 is 0 Å². The van der Waals surface area contributed by atoms with Gasteiger partial charge >= 0.3 is 0 Å². The van der Waals surface area contributed by atoms with E-state index >= 15 is 0 Å². The molecule has 0 radical (unpaired) electrons. The number of hydrogen-bond acceptors (Lipinski definition) is 1. The summed E-state index contributed by atoms with van der Waals surface area (Å²) >= 11 is 7.38. The molecule has 2 heterocycles. The largest absolute Gasteiger partial charge is 0.370 e. The van der Waals surface area contributed by atoms with E-state index in [2.05, 4.69) is 73.3 Å². The van der Waals surface area contributed by atoms with E-state index in [-0.39, 0.29) is 0 Å². The molecule has 0 bridgehead atoms. The zero-order valence-electron chi connectivity index (χ0n) is 10.1. The van der Waals surface area contributed by atoms with Crippen molar-refractivity contribution in [2.24, 2.45) is 0 Å². The molecule has 0 saturated heterocycles. The fraction of sp³-hybridized carbons (Fsp3) is 0.333. The first-order chi connectivity index (χ1) is 8.77. The van der Waals surface area contributed by atoms with E-state index in [1.807, 2.05) is 0 Å². The van der Waals surface area contributed by atoms with Gasteiger partial charge in [0.05, 0.1) is 6.04 Å². The summed E-state index contributed by atoms with van der Waals surface area (Å²) in [6.07, 6.45) is 12.7. The van der Waals surface area contributed by atoms with Gasteiger partial charge in [0, 0.05) is 21.7 Å². The second-order valence-corrected chi connectivity index (χ2v) is 6.48. The monoisotopic (exact) mass is 367 g/mol. The van der Waals surface area contributed by atoms with Gasteiger partial charge in [-0.25, -0.2) is 0 Å². The highest BCUT2D eigenvalue weighted by Gasteiger charge is 2.26. The van der Waals surface area contributed by atoms with E-state index in [0.29, 0.717) is 6.04 Å². The molecule has 0 aliphatic carbocycles. The van der Waals surface area contributed by atoms with Crippen molar-refractivity contribution in [2.45, 2.75) is 25.3 Å². The molecule has 0 saturated carbocycles. The van der Waals surface area contributed by atoms with E-state index in [4.69, 9.17) is 0 Å². The third-order valence-corrected chi connectivity index (χ3v) is 5.04. The smallest absolute Gasteiger partial charge is 0.0588 e. The number of allylic oxidation sites excluding steroid dienone is 1. The van der Waals surface area contributed by atoms with Crippen LogP contribution in [0, 0.1) is 0 Å². The Labute approximate surface area is 125 Å². The lowest BCUT2D eigenvalue weighted by Crippen LogP contribution is -2.28.